The van der Waals surface area contributed by atoms with Crippen LogP contribution in [0.5, 0.6) is 0 Å². The number of amides is 1. The molecule has 0 bridgehead atoms. The number of nitrogens with one attached hydrogen (secondary N) is 2. The molecule has 2 aliphatic heterocycles. The topological polar surface area (TPSA) is 108 Å². The fraction of sp³-hybridized carbons (Fsp3) is 0.235. The van der Waals surface area contributed by atoms with Crippen LogP contribution in [0.2, 0.25) is 0 Å². The molecule has 0 saturated carbocycles. The molecule has 1 amide bonds. The molecule has 8 nitrogen and oxygen atoms in total. The van der Waals surface area contributed by atoms with Crippen LogP contribution in [0, 0.1) is 0 Å². The average Bonchev–Trinajstić information content (AvgIpc) is 3.05. The molecule has 2 N–H and O–H groups in total. The number of carbonyl (C=O) groups is 1. The lowest BCUT2D eigenvalue weighted by molar-refractivity contribution is -0.117. The minimum Gasteiger partial charge on any atom is -0.342 e. The summed E-state index contributed by atoms with van der Waals surface area (Å²) in [5, 5.41) is 2.90. The van der Waals surface area contributed by atoms with E-state index in [2.05, 4.69) is 19.7 Å². The first-order valence-corrected chi connectivity index (χ1v) is 9.77. The standard InChI is InChI=1S/C17H17N5O3S/c1-11(16-19-13-4-2-3-5-14(13)20-16)18-17(23)12-6-7-15-21-26(24,25)9-8-22(15)10-12/h2-7,10-11H,8-9H2,1H3,(H,18,23)(H,19,20). The average molecular weight is 371 g/mol. The van der Waals surface area contributed by atoms with Gasteiger partial charge in [0.25, 0.3) is 15.9 Å². The van der Waals surface area contributed by atoms with E-state index in [0.717, 1.165) is 11.0 Å². The summed E-state index contributed by atoms with van der Waals surface area (Å²) in [6, 6.07) is 7.36. The smallest absolute Gasteiger partial charge is 0.256 e. The molecule has 0 fully saturated rings. The van der Waals surface area contributed by atoms with Gasteiger partial charge in [0.15, 0.2) is 0 Å². The van der Waals surface area contributed by atoms with E-state index in [0.29, 0.717) is 17.2 Å². The third kappa shape index (κ3) is 3.13. The Morgan fingerprint density at radius 3 is 2.92 bits per heavy atom. The van der Waals surface area contributed by atoms with Crippen molar-refractivity contribution in [1.29, 1.82) is 0 Å². The summed E-state index contributed by atoms with van der Waals surface area (Å²) < 4.78 is 26.8. The van der Waals surface area contributed by atoms with Crippen LogP contribution in [0.3, 0.4) is 0 Å². The van der Waals surface area contributed by atoms with Gasteiger partial charge in [-0.15, -0.1) is 4.40 Å². The van der Waals surface area contributed by atoms with E-state index in [1.54, 1.807) is 17.2 Å². The Bertz CT molecular complexity index is 1050. The van der Waals surface area contributed by atoms with E-state index < -0.39 is 10.0 Å². The summed E-state index contributed by atoms with van der Waals surface area (Å²) in [6.45, 7) is 2.13. The second kappa shape index (κ2) is 6.10. The normalized spacial score (nSPS) is 19.5. The molecule has 1 aromatic heterocycles. The first-order valence-electron chi connectivity index (χ1n) is 8.16. The Morgan fingerprint density at radius 1 is 1.31 bits per heavy atom. The van der Waals surface area contributed by atoms with Crippen molar-refractivity contribution in [2.45, 2.75) is 13.0 Å². The molecule has 2 aliphatic rings. The highest BCUT2D eigenvalue weighted by Crippen LogP contribution is 2.18. The van der Waals surface area contributed by atoms with Gasteiger partial charge in [0.05, 0.1) is 28.4 Å². The number of benzene rings is 1. The number of sulfonamides is 1. The minimum atomic E-state index is -3.41. The summed E-state index contributed by atoms with van der Waals surface area (Å²) >= 11 is 0. The van der Waals surface area contributed by atoms with Crippen LogP contribution in [0.4, 0.5) is 0 Å². The van der Waals surface area contributed by atoms with Crippen molar-refractivity contribution < 1.29 is 13.2 Å². The van der Waals surface area contributed by atoms with Crippen molar-refractivity contribution in [3.8, 4) is 0 Å². The summed E-state index contributed by atoms with van der Waals surface area (Å²) in [5.41, 5.74) is 2.19. The van der Waals surface area contributed by atoms with Gasteiger partial charge in [0.2, 0.25) is 0 Å². The summed E-state index contributed by atoms with van der Waals surface area (Å²) in [5.74, 6) is 0.677. The monoisotopic (exact) mass is 371 g/mol. The van der Waals surface area contributed by atoms with Crippen LogP contribution in [0.15, 0.2) is 52.6 Å². The number of hydrogen-bond donors (Lipinski definition) is 2. The van der Waals surface area contributed by atoms with Crippen molar-refractivity contribution in [1.82, 2.24) is 20.2 Å². The van der Waals surface area contributed by atoms with Gasteiger partial charge in [-0.1, -0.05) is 12.1 Å². The lowest BCUT2D eigenvalue weighted by atomic mass is 10.1. The molecular formula is C17H17N5O3S. The number of aromatic amines is 1. The van der Waals surface area contributed by atoms with Crippen LogP contribution in [0.1, 0.15) is 18.8 Å². The third-order valence-electron chi connectivity index (χ3n) is 4.25. The molecule has 9 heteroatoms. The number of amidine groups is 1. The number of nitrogens with zero attached hydrogens (tertiary/aromatic N) is 3. The largest absolute Gasteiger partial charge is 0.342 e. The number of hydrogen-bond acceptors (Lipinski definition) is 5. The van der Waals surface area contributed by atoms with Crippen molar-refractivity contribution >= 4 is 32.8 Å². The van der Waals surface area contributed by atoms with Gasteiger partial charge in [-0.25, -0.2) is 13.4 Å². The Hall–Kier alpha value is -2.94. The van der Waals surface area contributed by atoms with E-state index in [-0.39, 0.29) is 24.2 Å². The molecule has 0 radical (unpaired) electrons. The molecule has 1 atom stereocenters. The van der Waals surface area contributed by atoms with Crippen LogP contribution in [-0.2, 0) is 14.8 Å². The molecule has 1 unspecified atom stereocenters. The van der Waals surface area contributed by atoms with E-state index in [9.17, 15) is 13.2 Å². The highest BCUT2D eigenvalue weighted by atomic mass is 32.2. The number of para-hydroxylation sites is 2. The fourth-order valence-corrected chi connectivity index (χ4v) is 3.83. The number of H-pyrrole nitrogens is 1. The summed E-state index contributed by atoms with van der Waals surface area (Å²) in [4.78, 5) is 21.9. The van der Waals surface area contributed by atoms with Crippen molar-refractivity contribution in [2.24, 2.45) is 4.40 Å². The Labute approximate surface area is 150 Å². The Kier molecular flexibility index (Phi) is 3.87. The molecule has 26 heavy (non-hydrogen) atoms. The Balaban J connectivity index is 1.50. The van der Waals surface area contributed by atoms with Crippen molar-refractivity contribution in [2.75, 3.05) is 12.3 Å². The zero-order valence-electron chi connectivity index (χ0n) is 14.0. The molecular weight excluding hydrogens is 354 g/mol. The highest BCUT2D eigenvalue weighted by molar-refractivity contribution is 7.90. The number of aromatic nitrogens is 2. The Morgan fingerprint density at radius 2 is 2.12 bits per heavy atom. The number of fused-ring (bicyclic) bond motifs is 2. The van der Waals surface area contributed by atoms with Gasteiger partial charge < -0.3 is 15.2 Å². The van der Waals surface area contributed by atoms with Gasteiger partial charge in [-0.3, -0.25) is 4.79 Å². The lowest BCUT2D eigenvalue weighted by Gasteiger charge is -2.27. The van der Waals surface area contributed by atoms with Crippen LogP contribution < -0.4 is 5.32 Å². The second-order valence-corrected chi connectivity index (χ2v) is 7.94. The maximum Gasteiger partial charge on any atom is 0.256 e. The second-order valence-electron chi connectivity index (χ2n) is 6.18. The zero-order chi connectivity index (χ0) is 18.3. The molecule has 0 aliphatic carbocycles. The minimum absolute atomic E-state index is 0.0644. The van der Waals surface area contributed by atoms with Gasteiger partial charge in [0.1, 0.15) is 11.7 Å². The summed E-state index contributed by atoms with van der Waals surface area (Å²) in [6.07, 6.45) is 4.72. The molecule has 134 valence electrons. The number of carbonyl (C=O) groups excluding carboxylic acids is 1. The predicted octanol–water partition coefficient (Wildman–Crippen LogP) is 1.24. The van der Waals surface area contributed by atoms with Crippen LogP contribution in [0.25, 0.3) is 11.0 Å². The van der Waals surface area contributed by atoms with E-state index in [1.165, 1.54) is 6.08 Å². The van der Waals surface area contributed by atoms with E-state index >= 15 is 0 Å². The van der Waals surface area contributed by atoms with E-state index in [4.69, 9.17) is 0 Å². The van der Waals surface area contributed by atoms with Gasteiger partial charge in [0, 0.05) is 12.7 Å². The van der Waals surface area contributed by atoms with Gasteiger partial charge in [-0.05, 0) is 31.2 Å². The maximum absolute atomic E-state index is 12.5. The number of imidazole rings is 1. The fourth-order valence-electron chi connectivity index (χ4n) is 2.86. The third-order valence-corrected chi connectivity index (χ3v) is 5.42. The molecule has 2 aromatic rings. The molecule has 3 heterocycles. The molecule has 0 spiro atoms. The van der Waals surface area contributed by atoms with Crippen molar-refractivity contribution in [3.63, 3.8) is 0 Å². The van der Waals surface area contributed by atoms with E-state index in [1.807, 2.05) is 31.2 Å². The first-order chi connectivity index (χ1) is 12.4. The van der Waals surface area contributed by atoms with Crippen molar-refractivity contribution in [3.05, 3.63) is 54.0 Å². The quantitative estimate of drug-likeness (QED) is 0.844. The first kappa shape index (κ1) is 16.5. The van der Waals surface area contributed by atoms with Gasteiger partial charge >= 0.3 is 0 Å². The van der Waals surface area contributed by atoms with Crippen LogP contribution in [-0.4, -0.2) is 47.3 Å². The molecule has 1 aromatic carbocycles. The maximum atomic E-state index is 12.5. The van der Waals surface area contributed by atoms with Gasteiger partial charge in [-0.2, -0.15) is 0 Å². The van der Waals surface area contributed by atoms with Crippen LogP contribution >= 0.6 is 0 Å². The zero-order valence-corrected chi connectivity index (χ0v) is 14.8. The lowest BCUT2D eigenvalue weighted by Crippen LogP contribution is -2.38. The number of rotatable bonds is 3. The predicted molar refractivity (Wildman–Crippen MR) is 97.8 cm³/mol. The SMILES string of the molecule is CC(NC(=O)C1=CN2CCS(=O)(=O)N=C2C=C1)c1nc2ccccc2[nH]1. The molecule has 4 rings (SSSR count). The highest BCUT2D eigenvalue weighted by Gasteiger charge is 2.25. The molecule has 0 saturated heterocycles. The summed E-state index contributed by atoms with van der Waals surface area (Å²) in [7, 11) is -3.41.